The van der Waals surface area contributed by atoms with Gasteiger partial charge in [0, 0.05) is 47.2 Å². The van der Waals surface area contributed by atoms with Gasteiger partial charge in [-0.25, -0.2) is 4.99 Å². The number of nitrogens with zero attached hydrogens (tertiary/aromatic N) is 4. The van der Waals surface area contributed by atoms with Crippen molar-refractivity contribution in [3.05, 3.63) is 105 Å². The summed E-state index contributed by atoms with van der Waals surface area (Å²) >= 11 is 6.10. The number of aliphatic hydroxyl groups excluding tert-OH is 1. The van der Waals surface area contributed by atoms with Gasteiger partial charge >= 0.3 is 0 Å². The molecule has 0 aromatic heterocycles. The Morgan fingerprint density at radius 1 is 1.21 bits per heavy atom. The van der Waals surface area contributed by atoms with Crippen LogP contribution in [0.5, 0.6) is 5.75 Å². The van der Waals surface area contributed by atoms with Crippen LogP contribution in [0.3, 0.4) is 0 Å². The lowest BCUT2D eigenvalue weighted by atomic mass is 9.85. The quantitative estimate of drug-likeness (QED) is 0.133. The molecule has 0 bridgehead atoms. The van der Waals surface area contributed by atoms with Crippen LogP contribution >= 0.6 is 11.6 Å². The SMILES string of the molecule is C[C@H]1OC(c2ccc(OCCCO)cc2)=N[C@@]1(Cc1ccccc1N=[N+]=[N-])C(=O)NCCc1cccc(Cl)c1. The number of benzene rings is 3. The Kier molecular flexibility index (Phi) is 9.44. The molecule has 0 fully saturated rings. The number of aliphatic hydroxyl groups is 1. The summed E-state index contributed by atoms with van der Waals surface area (Å²) in [5, 5.41) is 16.4. The lowest BCUT2D eigenvalue weighted by molar-refractivity contribution is -0.128. The zero-order valence-electron chi connectivity index (χ0n) is 21.6. The number of hydrogen-bond donors (Lipinski definition) is 2. The van der Waals surface area contributed by atoms with E-state index in [1.54, 1.807) is 30.3 Å². The minimum atomic E-state index is -1.29. The number of azide groups is 1. The molecule has 3 aromatic rings. The van der Waals surface area contributed by atoms with Gasteiger partial charge in [0.25, 0.3) is 5.91 Å². The molecule has 39 heavy (non-hydrogen) atoms. The van der Waals surface area contributed by atoms with E-state index in [0.29, 0.717) is 59.5 Å². The van der Waals surface area contributed by atoms with E-state index in [2.05, 4.69) is 15.3 Å². The first-order chi connectivity index (χ1) is 18.9. The van der Waals surface area contributed by atoms with Gasteiger partial charge in [0.1, 0.15) is 11.9 Å². The molecule has 9 nitrogen and oxygen atoms in total. The van der Waals surface area contributed by atoms with E-state index in [4.69, 9.17) is 36.7 Å². The third kappa shape index (κ3) is 6.89. The highest BCUT2D eigenvalue weighted by Gasteiger charge is 2.50. The third-order valence-corrected chi connectivity index (χ3v) is 6.76. The van der Waals surface area contributed by atoms with Gasteiger partial charge in [-0.15, -0.1) is 0 Å². The average molecular weight is 548 g/mol. The van der Waals surface area contributed by atoms with Crippen molar-refractivity contribution in [3.63, 3.8) is 0 Å². The molecule has 3 aromatic carbocycles. The van der Waals surface area contributed by atoms with Crippen LogP contribution in [0.2, 0.25) is 5.02 Å². The first-order valence-corrected chi connectivity index (χ1v) is 13.1. The highest BCUT2D eigenvalue weighted by Crippen LogP contribution is 2.35. The fourth-order valence-electron chi connectivity index (χ4n) is 4.41. The molecule has 1 heterocycles. The van der Waals surface area contributed by atoms with Crippen molar-refractivity contribution in [1.82, 2.24) is 5.32 Å². The summed E-state index contributed by atoms with van der Waals surface area (Å²) in [4.78, 5) is 21.6. The summed E-state index contributed by atoms with van der Waals surface area (Å²) in [6.07, 6.45) is 0.721. The van der Waals surface area contributed by atoms with E-state index in [9.17, 15) is 4.79 Å². The molecular weight excluding hydrogens is 518 g/mol. The first kappa shape index (κ1) is 28.0. The topological polar surface area (TPSA) is 129 Å². The Balaban J connectivity index is 1.61. The Morgan fingerprint density at radius 3 is 2.74 bits per heavy atom. The lowest BCUT2D eigenvalue weighted by Crippen LogP contribution is -2.52. The van der Waals surface area contributed by atoms with Crippen molar-refractivity contribution < 1.29 is 19.4 Å². The summed E-state index contributed by atoms with van der Waals surface area (Å²) < 4.78 is 11.8. The minimum Gasteiger partial charge on any atom is -0.494 e. The van der Waals surface area contributed by atoms with Crippen molar-refractivity contribution in [3.8, 4) is 5.75 Å². The van der Waals surface area contributed by atoms with Crippen molar-refractivity contribution in [2.24, 2.45) is 10.1 Å². The molecule has 0 spiro atoms. The fraction of sp³-hybridized carbons (Fsp3) is 0.310. The van der Waals surface area contributed by atoms with Gasteiger partial charge in [-0.05, 0) is 66.4 Å². The fourth-order valence-corrected chi connectivity index (χ4v) is 4.62. The number of carbonyl (C=O) groups is 1. The highest BCUT2D eigenvalue weighted by molar-refractivity contribution is 6.30. The predicted octanol–water partition coefficient (Wildman–Crippen LogP) is 5.55. The van der Waals surface area contributed by atoms with Crippen molar-refractivity contribution >= 4 is 29.1 Å². The molecule has 1 aliphatic rings. The molecule has 0 saturated heterocycles. The maximum atomic E-state index is 13.8. The maximum absolute atomic E-state index is 13.8. The van der Waals surface area contributed by atoms with Gasteiger partial charge < -0.3 is 19.9 Å². The zero-order valence-corrected chi connectivity index (χ0v) is 22.3. The Bertz CT molecular complexity index is 1370. The van der Waals surface area contributed by atoms with Crippen LogP contribution in [0.1, 0.15) is 30.0 Å². The van der Waals surface area contributed by atoms with Crippen molar-refractivity contribution in [1.29, 1.82) is 0 Å². The number of carbonyl (C=O) groups excluding carboxylic acids is 1. The van der Waals surface area contributed by atoms with E-state index >= 15 is 0 Å². The average Bonchev–Trinajstić information content (AvgIpc) is 3.27. The molecule has 0 saturated carbocycles. The smallest absolute Gasteiger partial charge is 0.252 e. The van der Waals surface area contributed by atoms with E-state index in [-0.39, 0.29) is 18.9 Å². The van der Waals surface area contributed by atoms with E-state index in [1.807, 2.05) is 49.4 Å². The predicted molar refractivity (Wildman–Crippen MR) is 151 cm³/mol. The number of nitrogens with one attached hydrogen (secondary N) is 1. The van der Waals surface area contributed by atoms with Crippen molar-refractivity contribution in [2.75, 3.05) is 19.8 Å². The number of ether oxygens (including phenoxy) is 2. The molecular formula is C29H30ClN5O4. The minimum absolute atomic E-state index is 0.0622. The van der Waals surface area contributed by atoms with Gasteiger partial charge in [-0.3, -0.25) is 4.79 Å². The molecule has 1 aliphatic heterocycles. The molecule has 4 rings (SSSR count). The monoisotopic (exact) mass is 547 g/mol. The van der Waals surface area contributed by atoms with E-state index in [1.165, 1.54) is 0 Å². The van der Waals surface area contributed by atoms with Crippen LogP contribution in [0.15, 0.2) is 82.9 Å². The van der Waals surface area contributed by atoms with E-state index in [0.717, 1.165) is 5.56 Å². The van der Waals surface area contributed by atoms with Crippen LogP contribution < -0.4 is 10.1 Å². The molecule has 2 atom stereocenters. The van der Waals surface area contributed by atoms with Gasteiger partial charge in [-0.1, -0.05) is 53.1 Å². The van der Waals surface area contributed by atoms with Crippen LogP contribution in [0, 0.1) is 0 Å². The Morgan fingerprint density at radius 2 is 2.00 bits per heavy atom. The first-order valence-electron chi connectivity index (χ1n) is 12.7. The second-order valence-corrected chi connectivity index (χ2v) is 9.62. The zero-order chi connectivity index (χ0) is 27.7. The molecule has 2 N–H and O–H groups in total. The second-order valence-electron chi connectivity index (χ2n) is 9.18. The number of aliphatic imine (C=N–C) groups is 1. The van der Waals surface area contributed by atoms with Crippen LogP contribution in [-0.2, 0) is 22.4 Å². The standard InChI is InChI=1S/C29H30ClN5O4/c1-20-29(19-23-7-2-3-9-26(23)34-35-31,28(37)32-15-14-21-6-4-8-24(30)18-21)33-27(39-20)22-10-12-25(13-11-22)38-17-5-16-36/h2-4,6-13,18,20,36H,5,14-17,19H2,1H3,(H,32,37)/t20-,29-/m1/s1. The summed E-state index contributed by atoms with van der Waals surface area (Å²) in [6, 6.07) is 21.9. The number of amides is 1. The molecule has 202 valence electrons. The summed E-state index contributed by atoms with van der Waals surface area (Å²) in [5.74, 6) is 0.717. The number of rotatable bonds is 12. The lowest BCUT2D eigenvalue weighted by Gasteiger charge is -2.28. The Hall–Kier alpha value is -4.04. The van der Waals surface area contributed by atoms with E-state index < -0.39 is 11.6 Å². The largest absolute Gasteiger partial charge is 0.494 e. The summed E-state index contributed by atoms with van der Waals surface area (Å²) in [7, 11) is 0. The van der Waals surface area contributed by atoms with Crippen molar-refractivity contribution in [2.45, 2.75) is 37.8 Å². The van der Waals surface area contributed by atoms with Gasteiger partial charge in [0.2, 0.25) is 5.90 Å². The molecule has 0 aliphatic carbocycles. The highest BCUT2D eigenvalue weighted by atomic mass is 35.5. The normalized spacial score (nSPS) is 18.0. The maximum Gasteiger partial charge on any atom is 0.252 e. The molecule has 10 heteroatoms. The van der Waals surface area contributed by atoms with Gasteiger partial charge in [0.15, 0.2) is 5.54 Å². The number of hydrogen-bond acceptors (Lipinski definition) is 6. The molecule has 0 unspecified atom stereocenters. The van der Waals surface area contributed by atoms with Gasteiger partial charge in [0.05, 0.1) is 6.61 Å². The van der Waals surface area contributed by atoms with Crippen LogP contribution in [0.4, 0.5) is 5.69 Å². The van der Waals surface area contributed by atoms with Gasteiger partial charge in [-0.2, -0.15) is 0 Å². The number of halogens is 1. The third-order valence-electron chi connectivity index (χ3n) is 6.52. The molecule has 1 amide bonds. The van der Waals surface area contributed by atoms with Crippen LogP contribution in [0.25, 0.3) is 10.4 Å². The summed E-state index contributed by atoms with van der Waals surface area (Å²) in [5.41, 5.74) is 10.6. The molecule has 0 radical (unpaired) electrons. The second kappa shape index (κ2) is 13.2. The van der Waals surface area contributed by atoms with Crippen LogP contribution in [-0.4, -0.2) is 48.3 Å². The Labute approximate surface area is 232 Å². The summed E-state index contributed by atoms with van der Waals surface area (Å²) in [6.45, 7) is 2.67.